The Morgan fingerprint density at radius 3 is 0.718 bits per heavy atom. The van der Waals surface area contributed by atoms with Crippen molar-refractivity contribution in [3.05, 3.63) is 0 Å². The van der Waals surface area contributed by atoms with Gasteiger partial charge in [-0.3, -0.25) is 0 Å². The highest BCUT2D eigenvalue weighted by Gasteiger charge is 2.56. The van der Waals surface area contributed by atoms with Crippen molar-refractivity contribution in [3.8, 4) is 0 Å². The van der Waals surface area contributed by atoms with Gasteiger partial charge >= 0.3 is 0 Å². The van der Waals surface area contributed by atoms with Crippen LogP contribution in [0.25, 0.3) is 0 Å². The van der Waals surface area contributed by atoms with Gasteiger partial charge in [-0.25, -0.2) is 0 Å². The highest BCUT2D eigenvalue weighted by molar-refractivity contribution is 4.97. The molecule has 0 radical (unpaired) electrons. The van der Waals surface area contributed by atoms with Crippen molar-refractivity contribution >= 4 is 0 Å². The molecule has 10 rings (SSSR count). The lowest BCUT2D eigenvalue weighted by Gasteiger charge is -2.51. The van der Waals surface area contributed by atoms with Gasteiger partial charge < -0.3 is 94.7 Å². The zero-order valence-corrected chi connectivity index (χ0v) is 46.7. The first kappa shape index (κ1) is 59.4. The van der Waals surface area contributed by atoms with E-state index in [1.165, 1.54) is 6.42 Å². The second-order valence-electron chi connectivity index (χ2n) is 23.6. The standard InChI is InChI=1S/C15H26O6.C13H22O6.2C10H18O4.C3H8/c1-13(2)16-7-9(18-13)12-11-10(19-15(5,6)21-12)8-17-14(3,4)20-11;1-12(2)16-6-9(17-12)11-10(8-5-14-7-15-8)18-13(3,4)19-11;1-9(2)11-5-8-7(13-9)6-12-10(3,4)14-8;1-9(2)11-5-7(13-9)8-6-12-10(3,4)14-8;1-3-2/h9-12H,7-8H2,1-6H3;8-11H,5-7H2,1-4H3;2*7-8H,5-6H2,1-4H3;3H2,1-2H3. The molecule has 10 fully saturated rings. The van der Waals surface area contributed by atoms with Gasteiger partial charge in [-0.2, -0.15) is 0 Å². The van der Waals surface area contributed by atoms with Crippen LogP contribution in [0.15, 0.2) is 0 Å². The molecule has 12 unspecified atom stereocenters. The molecular formula is C51H92O20. The Labute approximate surface area is 423 Å². The molecule has 0 aromatic rings. The van der Waals surface area contributed by atoms with Crippen LogP contribution in [0.2, 0.25) is 0 Å². The summed E-state index contributed by atoms with van der Waals surface area (Å²) in [7, 11) is 0. The van der Waals surface area contributed by atoms with E-state index in [1.807, 2.05) is 125 Å². The number of ether oxygens (including phenoxy) is 20. The van der Waals surface area contributed by atoms with Crippen LogP contribution in [0.1, 0.15) is 145 Å². The van der Waals surface area contributed by atoms with Crippen LogP contribution in [0, 0.1) is 0 Å². The molecule has 0 aromatic heterocycles. The van der Waals surface area contributed by atoms with Gasteiger partial charge in [-0.15, -0.1) is 0 Å². The monoisotopic (exact) mass is 1020 g/mol. The minimum Gasteiger partial charge on any atom is -0.353 e. The highest BCUT2D eigenvalue weighted by atomic mass is 16.8. The average molecular weight is 1030 g/mol. The number of fused-ring (bicyclic) bond motifs is 2. The van der Waals surface area contributed by atoms with Gasteiger partial charge in [0.2, 0.25) is 0 Å². The second kappa shape index (κ2) is 22.7. The maximum atomic E-state index is 6.11. The number of rotatable bonds is 4. The molecule has 12 atom stereocenters. The first-order chi connectivity index (χ1) is 32.6. The molecule has 0 saturated carbocycles. The van der Waals surface area contributed by atoms with Gasteiger partial charge in [0.05, 0.1) is 52.9 Å². The van der Waals surface area contributed by atoms with E-state index in [0.717, 1.165) is 0 Å². The van der Waals surface area contributed by atoms with Crippen molar-refractivity contribution in [2.75, 3.05) is 59.6 Å². The van der Waals surface area contributed by atoms with Crippen molar-refractivity contribution in [1.82, 2.24) is 0 Å². The first-order valence-corrected chi connectivity index (χ1v) is 25.7. The van der Waals surface area contributed by atoms with Crippen molar-refractivity contribution in [3.63, 3.8) is 0 Å². The minimum absolute atomic E-state index is 0.00762. The fourth-order valence-corrected chi connectivity index (χ4v) is 9.55. The Bertz CT molecular complexity index is 1630. The van der Waals surface area contributed by atoms with Crippen LogP contribution >= 0.6 is 0 Å². The zero-order chi connectivity index (χ0) is 52.6. The molecule has 20 nitrogen and oxygen atoms in total. The Kier molecular flexibility index (Phi) is 19.0. The summed E-state index contributed by atoms with van der Waals surface area (Å²) in [5, 5.41) is 0. The molecule has 0 amide bonds. The molecule has 0 aromatic carbocycles. The van der Waals surface area contributed by atoms with Crippen molar-refractivity contribution in [1.29, 1.82) is 0 Å². The molecule has 10 heterocycles. The van der Waals surface area contributed by atoms with E-state index in [2.05, 4.69) is 13.8 Å². The smallest absolute Gasteiger partial charge is 0.164 e. The quantitative estimate of drug-likeness (QED) is 0.285. The Hall–Kier alpha value is -0.800. The van der Waals surface area contributed by atoms with E-state index in [1.54, 1.807) is 0 Å². The highest BCUT2D eigenvalue weighted by Crippen LogP contribution is 2.41. The van der Waals surface area contributed by atoms with Crippen LogP contribution in [-0.2, 0) is 94.7 Å². The van der Waals surface area contributed by atoms with Crippen molar-refractivity contribution in [2.24, 2.45) is 0 Å². The summed E-state index contributed by atoms with van der Waals surface area (Å²) in [6.45, 7) is 43.1. The Balaban J connectivity index is 0.000000154. The summed E-state index contributed by atoms with van der Waals surface area (Å²) in [5.41, 5.74) is 0. The molecular weight excluding hydrogens is 933 g/mol. The normalized spacial score (nSPS) is 41.2. The van der Waals surface area contributed by atoms with Crippen LogP contribution < -0.4 is 0 Å². The lowest BCUT2D eigenvalue weighted by molar-refractivity contribution is -0.414. The predicted molar refractivity (Wildman–Crippen MR) is 254 cm³/mol. The summed E-state index contributed by atoms with van der Waals surface area (Å²) in [4.78, 5) is 0. The van der Waals surface area contributed by atoms with Gasteiger partial charge in [0.1, 0.15) is 80.0 Å². The molecule has 0 spiro atoms. The Morgan fingerprint density at radius 2 is 0.451 bits per heavy atom. The number of hydrogen-bond acceptors (Lipinski definition) is 20. The van der Waals surface area contributed by atoms with E-state index in [0.29, 0.717) is 59.6 Å². The first-order valence-electron chi connectivity index (χ1n) is 25.7. The summed E-state index contributed by atoms with van der Waals surface area (Å²) in [5.74, 6) is -5.16. The largest absolute Gasteiger partial charge is 0.353 e. The SMILES string of the molecule is CC1(C)OCC(C2COC(C)(C)O2)O1.CC1(C)OCC(C2OC(C)(C)OC2C2COCO2)O1.CC1(C)OCC(C2OC(C)(C)OC3COC(C)(C)OC32)O1.CC1(C)OCC2OC(C)(C)OCC2O1.CCC. The minimum atomic E-state index is -0.698. The van der Waals surface area contributed by atoms with E-state index >= 15 is 0 Å². The predicted octanol–water partition coefficient (Wildman–Crippen LogP) is 6.84. The van der Waals surface area contributed by atoms with Crippen LogP contribution in [0.4, 0.5) is 0 Å². The molecule has 416 valence electrons. The maximum absolute atomic E-state index is 6.11. The van der Waals surface area contributed by atoms with Crippen molar-refractivity contribution < 1.29 is 94.7 Å². The van der Waals surface area contributed by atoms with Gasteiger partial charge in [-0.05, 0) is 125 Å². The molecule has 10 aliphatic rings. The van der Waals surface area contributed by atoms with Crippen LogP contribution in [0.3, 0.4) is 0 Å². The maximum Gasteiger partial charge on any atom is 0.164 e. The van der Waals surface area contributed by atoms with Crippen LogP contribution in [-0.4, -0.2) is 185 Å². The molecule has 20 heteroatoms. The molecule has 10 aliphatic heterocycles. The van der Waals surface area contributed by atoms with E-state index in [9.17, 15) is 0 Å². The van der Waals surface area contributed by atoms with E-state index in [-0.39, 0.29) is 73.2 Å². The van der Waals surface area contributed by atoms with Crippen LogP contribution in [0.5, 0.6) is 0 Å². The topological polar surface area (TPSA) is 185 Å². The summed E-state index contributed by atoms with van der Waals surface area (Å²) in [6, 6.07) is 0. The summed E-state index contributed by atoms with van der Waals surface area (Å²) >= 11 is 0. The summed E-state index contributed by atoms with van der Waals surface area (Å²) < 4.78 is 115. The third-order valence-corrected chi connectivity index (χ3v) is 12.5. The van der Waals surface area contributed by atoms with E-state index in [4.69, 9.17) is 94.7 Å². The van der Waals surface area contributed by atoms with Gasteiger partial charge in [0, 0.05) is 0 Å². The third-order valence-electron chi connectivity index (χ3n) is 12.5. The zero-order valence-electron chi connectivity index (χ0n) is 46.7. The molecule has 0 aliphatic carbocycles. The lowest BCUT2D eigenvalue weighted by Crippen LogP contribution is -2.65. The average Bonchev–Trinajstić information content (AvgIpc) is 4.11. The Morgan fingerprint density at radius 1 is 0.254 bits per heavy atom. The molecule has 0 N–H and O–H groups in total. The fourth-order valence-electron chi connectivity index (χ4n) is 9.55. The second-order valence-corrected chi connectivity index (χ2v) is 23.6. The lowest BCUT2D eigenvalue weighted by atomic mass is 9.98. The molecule has 10 saturated heterocycles. The molecule has 0 bridgehead atoms. The third kappa shape index (κ3) is 17.1. The van der Waals surface area contributed by atoms with Gasteiger partial charge in [0.25, 0.3) is 0 Å². The number of hydrogen-bond donors (Lipinski definition) is 0. The van der Waals surface area contributed by atoms with Crippen molar-refractivity contribution in [2.45, 2.75) is 270 Å². The van der Waals surface area contributed by atoms with E-state index < -0.39 is 52.1 Å². The van der Waals surface area contributed by atoms with Gasteiger partial charge in [-0.1, -0.05) is 20.3 Å². The summed E-state index contributed by atoms with van der Waals surface area (Å²) in [6.07, 6.45) is -0.262. The van der Waals surface area contributed by atoms with Gasteiger partial charge in [0.15, 0.2) is 52.1 Å². The fraction of sp³-hybridized carbons (Fsp3) is 1.00. The molecule has 71 heavy (non-hydrogen) atoms.